The topological polar surface area (TPSA) is 39.7 Å². The van der Waals surface area contributed by atoms with Gasteiger partial charge in [0.2, 0.25) is 0 Å². The SMILES string of the molecule is CCOc1cc(CNCC2CCCO2)cc(Cl)c1OCC. The number of nitrogens with one attached hydrogen (secondary N) is 1. The summed E-state index contributed by atoms with van der Waals surface area (Å²) in [5.74, 6) is 1.34. The molecule has 0 bridgehead atoms. The van der Waals surface area contributed by atoms with Gasteiger partial charge in [0.1, 0.15) is 0 Å². The molecule has 4 nitrogen and oxygen atoms in total. The predicted octanol–water partition coefficient (Wildman–Crippen LogP) is 3.41. The second-order valence-electron chi connectivity index (χ2n) is 5.04. The van der Waals surface area contributed by atoms with E-state index >= 15 is 0 Å². The summed E-state index contributed by atoms with van der Waals surface area (Å²) in [4.78, 5) is 0. The van der Waals surface area contributed by atoms with Crippen molar-refractivity contribution in [2.45, 2.75) is 39.3 Å². The van der Waals surface area contributed by atoms with Gasteiger partial charge in [-0.3, -0.25) is 0 Å². The third-order valence-electron chi connectivity index (χ3n) is 3.38. The minimum Gasteiger partial charge on any atom is -0.490 e. The highest BCUT2D eigenvalue weighted by Gasteiger charge is 2.15. The number of hydrogen-bond donors (Lipinski definition) is 1. The fourth-order valence-corrected chi connectivity index (χ4v) is 2.74. The predicted molar refractivity (Wildman–Crippen MR) is 84.5 cm³/mol. The number of rotatable bonds is 8. The van der Waals surface area contributed by atoms with E-state index in [-0.39, 0.29) is 0 Å². The molecule has 0 spiro atoms. The zero-order valence-electron chi connectivity index (χ0n) is 12.8. The highest BCUT2D eigenvalue weighted by Crippen LogP contribution is 2.36. The van der Waals surface area contributed by atoms with E-state index in [2.05, 4.69) is 5.32 Å². The van der Waals surface area contributed by atoms with Crippen LogP contribution in [0.3, 0.4) is 0 Å². The Bertz CT molecular complexity index is 447. The first-order valence-electron chi connectivity index (χ1n) is 7.65. The van der Waals surface area contributed by atoms with Crippen LogP contribution in [0, 0.1) is 0 Å². The van der Waals surface area contributed by atoms with E-state index in [4.69, 9.17) is 25.8 Å². The Balaban J connectivity index is 1.98. The number of halogens is 1. The lowest BCUT2D eigenvalue weighted by Gasteiger charge is -2.15. The molecule has 118 valence electrons. The van der Waals surface area contributed by atoms with Gasteiger partial charge >= 0.3 is 0 Å². The van der Waals surface area contributed by atoms with Crippen LogP contribution in [0.25, 0.3) is 0 Å². The molecular weight excluding hydrogens is 290 g/mol. The lowest BCUT2D eigenvalue weighted by Crippen LogP contribution is -2.25. The van der Waals surface area contributed by atoms with Crippen molar-refractivity contribution < 1.29 is 14.2 Å². The average Bonchev–Trinajstić information content (AvgIpc) is 2.96. The molecule has 1 fully saturated rings. The van der Waals surface area contributed by atoms with Crippen molar-refractivity contribution in [3.05, 3.63) is 22.7 Å². The Morgan fingerprint density at radius 3 is 2.76 bits per heavy atom. The van der Waals surface area contributed by atoms with E-state index in [0.29, 0.717) is 35.8 Å². The molecule has 1 aliphatic rings. The summed E-state index contributed by atoms with van der Waals surface area (Å²) in [6.45, 7) is 7.53. The fraction of sp³-hybridized carbons (Fsp3) is 0.625. The van der Waals surface area contributed by atoms with Crippen LogP contribution >= 0.6 is 11.6 Å². The molecule has 0 aromatic heterocycles. The van der Waals surface area contributed by atoms with Crippen LogP contribution < -0.4 is 14.8 Å². The lowest BCUT2D eigenvalue weighted by molar-refractivity contribution is 0.110. The van der Waals surface area contributed by atoms with E-state index in [1.165, 1.54) is 0 Å². The van der Waals surface area contributed by atoms with Crippen LogP contribution in [-0.4, -0.2) is 32.5 Å². The van der Waals surface area contributed by atoms with Crippen molar-refractivity contribution in [2.24, 2.45) is 0 Å². The van der Waals surface area contributed by atoms with E-state index < -0.39 is 0 Å². The van der Waals surface area contributed by atoms with Crippen LogP contribution in [0.15, 0.2) is 12.1 Å². The van der Waals surface area contributed by atoms with E-state index in [9.17, 15) is 0 Å². The summed E-state index contributed by atoms with van der Waals surface area (Å²) in [6.07, 6.45) is 2.64. The molecule has 2 rings (SSSR count). The fourth-order valence-electron chi connectivity index (χ4n) is 2.45. The molecule has 0 saturated carbocycles. The van der Waals surface area contributed by atoms with Crippen LogP contribution in [0.2, 0.25) is 5.02 Å². The molecule has 0 radical (unpaired) electrons. The summed E-state index contributed by atoms with van der Waals surface area (Å²) >= 11 is 6.30. The van der Waals surface area contributed by atoms with Gasteiger partial charge in [0.25, 0.3) is 0 Å². The summed E-state index contributed by atoms with van der Waals surface area (Å²) in [7, 11) is 0. The lowest BCUT2D eigenvalue weighted by atomic mass is 10.2. The molecule has 1 aliphatic heterocycles. The van der Waals surface area contributed by atoms with Crippen LogP contribution in [0.1, 0.15) is 32.3 Å². The third-order valence-corrected chi connectivity index (χ3v) is 3.66. The van der Waals surface area contributed by atoms with Gasteiger partial charge in [0, 0.05) is 19.7 Å². The van der Waals surface area contributed by atoms with Crippen LogP contribution in [0.4, 0.5) is 0 Å². The first-order valence-corrected chi connectivity index (χ1v) is 8.02. The number of hydrogen-bond acceptors (Lipinski definition) is 4. The van der Waals surface area contributed by atoms with E-state index in [0.717, 1.165) is 38.1 Å². The van der Waals surface area contributed by atoms with Crippen molar-refractivity contribution in [1.29, 1.82) is 0 Å². The third kappa shape index (κ3) is 4.77. The van der Waals surface area contributed by atoms with Gasteiger partial charge in [-0.05, 0) is 44.4 Å². The van der Waals surface area contributed by atoms with Gasteiger partial charge in [-0.15, -0.1) is 0 Å². The summed E-state index contributed by atoms with van der Waals surface area (Å²) in [5.41, 5.74) is 1.09. The minimum atomic E-state index is 0.342. The van der Waals surface area contributed by atoms with Gasteiger partial charge in [0.05, 0.1) is 24.3 Å². The Hall–Kier alpha value is -0.970. The standard InChI is InChI=1S/C16H24ClNO3/c1-3-19-15-9-12(8-14(17)16(15)20-4-2)10-18-11-13-6-5-7-21-13/h8-9,13,18H,3-7,10-11H2,1-2H3. The molecule has 1 unspecified atom stereocenters. The van der Waals surface area contributed by atoms with Gasteiger partial charge in [-0.25, -0.2) is 0 Å². The smallest absolute Gasteiger partial charge is 0.179 e. The first-order chi connectivity index (χ1) is 10.2. The van der Waals surface area contributed by atoms with Crippen molar-refractivity contribution in [1.82, 2.24) is 5.32 Å². The molecule has 0 amide bonds. The van der Waals surface area contributed by atoms with Gasteiger partial charge in [-0.2, -0.15) is 0 Å². The Morgan fingerprint density at radius 2 is 2.10 bits per heavy atom. The molecule has 0 aliphatic carbocycles. The van der Waals surface area contributed by atoms with Gasteiger partial charge in [-0.1, -0.05) is 11.6 Å². The summed E-state index contributed by atoms with van der Waals surface area (Å²) in [6, 6.07) is 3.92. The van der Waals surface area contributed by atoms with Crippen LogP contribution in [0.5, 0.6) is 11.5 Å². The summed E-state index contributed by atoms with van der Waals surface area (Å²) in [5, 5.41) is 4.01. The molecule has 1 aromatic carbocycles. The Morgan fingerprint density at radius 1 is 1.29 bits per heavy atom. The van der Waals surface area contributed by atoms with Crippen molar-refractivity contribution >= 4 is 11.6 Å². The molecule has 1 N–H and O–H groups in total. The molecule has 5 heteroatoms. The highest BCUT2D eigenvalue weighted by atomic mass is 35.5. The first kappa shape index (κ1) is 16.4. The Labute approximate surface area is 131 Å². The van der Waals surface area contributed by atoms with E-state index in [1.807, 2.05) is 26.0 Å². The molecule has 1 aromatic rings. The van der Waals surface area contributed by atoms with Gasteiger partial charge in [0.15, 0.2) is 11.5 Å². The van der Waals surface area contributed by atoms with E-state index in [1.54, 1.807) is 0 Å². The largest absolute Gasteiger partial charge is 0.490 e. The maximum atomic E-state index is 6.30. The number of ether oxygens (including phenoxy) is 3. The highest BCUT2D eigenvalue weighted by molar-refractivity contribution is 6.32. The van der Waals surface area contributed by atoms with Crippen molar-refractivity contribution in [3.63, 3.8) is 0 Å². The monoisotopic (exact) mass is 313 g/mol. The van der Waals surface area contributed by atoms with Crippen molar-refractivity contribution in [2.75, 3.05) is 26.4 Å². The number of benzene rings is 1. The maximum Gasteiger partial charge on any atom is 0.179 e. The molecular formula is C16H24ClNO3. The second-order valence-corrected chi connectivity index (χ2v) is 5.44. The zero-order valence-corrected chi connectivity index (χ0v) is 13.5. The molecule has 1 heterocycles. The Kier molecular flexibility index (Phi) is 6.61. The quantitative estimate of drug-likeness (QED) is 0.798. The molecule has 1 atom stereocenters. The maximum absolute atomic E-state index is 6.30. The average molecular weight is 314 g/mol. The minimum absolute atomic E-state index is 0.342. The molecule has 1 saturated heterocycles. The van der Waals surface area contributed by atoms with Crippen molar-refractivity contribution in [3.8, 4) is 11.5 Å². The normalized spacial score (nSPS) is 18.0. The van der Waals surface area contributed by atoms with Crippen LogP contribution in [-0.2, 0) is 11.3 Å². The molecule has 21 heavy (non-hydrogen) atoms. The zero-order chi connectivity index (χ0) is 15.1. The van der Waals surface area contributed by atoms with Gasteiger partial charge < -0.3 is 19.5 Å². The second kappa shape index (κ2) is 8.47. The summed E-state index contributed by atoms with van der Waals surface area (Å²) < 4.78 is 16.8.